The number of hydrogen-bond donors (Lipinski definition) is 0. The molecule has 0 bridgehead atoms. The molecule has 102 valence electrons. The summed E-state index contributed by atoms with van der Waals surface area (Å²) in [6.45, 7) is 5.59. The Labute approximate surface area is 117 Å². The molecule has 0 radical (unpaired) electrons. The minimum absolute atomic E-state index is 0.756. The second-order valence-corrected chi connectivity index (χ2v) is 6.62. The molecule has 0 saturated carbocycles. The fourth-order valence-corrected chi connectivity index (χ4v) is 4.09. The highest BCUT2D eigenvalue weighted by atomic mass is 28.3. The highest BCUT2D eigenvalue weighted by molar-refractivity contribution is 6.44. The summed E-state index contributed by atoms with van der Waals surface area (Å²) in [5, 5.41) is 2.66. The van der Waals surface area contributed by atoms with Crippen LogP contribution in [0.5, 0.6) is 0 Å². The van der Waals surface area contributed by atoms with E-state index in [4.69, 9.17) is 8.85 Å². The van der Waals surface area contributed by atoms with Crippen LogP contribution in [0.15, 0.2) is 42.5 Å². The van der Waals surface area contributed by atoms with Gasteiger partial charge in [-0.05, 0) is 42.6 Å². The second-order valence-electron chi connectivity index (χ2n) is 4.52. The summed E-state index contributed by atoms with van der Waals surface area (Å²) in [5.74, 6) is 0. The summed E-state index contributed by atoms with van der Waals surface area (Å²) < 4.78 is 11.5. The molecule has 0 unspecified atom stereocenters. The van der Waals surface area contributed by atoms with Crippen molar-refractivity contribution in [3.8, 4) is 0 Å². The first-order chi connectivity index (χ1) is 9.35. The molecular formula is C16H22O2Si. The average Bonchev–Trinajstić information content (AvgIpc) is 2.45. The molecule has 0 aliphatic carbocycles. The number of benzene rings is 2. The van der Waals surface area contributed by atoms with Crippen LogP contribution in [-0.2, 0) is 15.3 Å². The molecule has 0 spiro atoms. The Morgan fingerprint density at radius 3 is 2.32 bits per heavy atom. The molecule has 0 N–H and O–H groups in total. The van der Waals surface area contributed by atoms with Gasteiger partial charge in [-0.3, -0.25) is 0 Å². The minimum atomic E-state index is -1.48. The Morgan fingerprint density at radius 2 is 1.58 bits per heavy atom. The van der Waals surface area contributed by atoms with Crippen molar-refractivity contribution >= 4 is 20.1 Å². The van der Waals surface area contributed by atoms with Crippen molar-refractivity contribution in [1.82, 2.24) is 0 Å². The fraction of sp³-hybridized carbons (Fsp3) is 0.375. The first-order valence-electron chi connectivity index (χ1n) is 7.05. The highest BCUT2D eigenvalue weighted by Crippen LogP contribution is 2.20. The van der Waals surface area contributed by atoms with Crippen molar-refractivity contribution in [3.63, 3.8) is 0 Å². The molecule has 2 aromatic carbocycles. The molecule has 3 heteroatoms. The summed E-state index contributed by atoms with van der Waals surface area (Å²) >= 11 is 0. The van der Waals surface area contributed by atoms with E-state index in [-0.39, 0.29) is 0 Å². The van der Waals surface area contributed by atoms with Gasteiger partial charge in [0.05, 0.1) is 0 Å². The summed E-state index contributed by atoms with van der Waals surface area (Å²) in [7, 11) is -1.48. The molecule has 2 nitrogen and oxygen atoms in total. The quantitative estimate of drug-likeness (QED) is 0.717. The molecule has 0 aliphatic rings. The van der Waals surface area contributed by atoms with Crippen molar-refractivity contribution < 1.29 is 8.85 Å². The molecule has 0 saturated heterocycles. The van der Waals surface area contributed by atoms with Gasteiger partial charge in [-0.25, -0.2) is 0 Å². The van der Waals surface area contributed by atoms with Crippen LogP contribution in [0, 0.1) is 0 Å². The summed E-state index contributed by atoms with van der Waals surface area (Å²) in [5.41, 5.74) is 1.40. The minimum Gasteiger partial charge on any atom is -0.397 e. The third-order valence-corrected chi connectivity index (χ3v) is 5.40. The summed E-state index contributed by atoms with van der Waals surface area (Å²) in [4.78, 5) is 0. The number of hydrogen-bond acceptors (Lipinski definition) is 2. The lowest BCUT2D eigenvalue weighted by Gasteiger charge is -2.15. The van der Waals surface area contributed by atoms with Crippen LogP contribution in [0.4, 0.5) is 0 Å². The third-order valence-electron chi connectivity index (χ3n) is 3.23. The van der Waals surface area contributed by atoms with Crippen LogP contribution >= 0.6 is 0 Å². The van der Waals surface area contributed by atoms with Gasteiger partial charge in [0, 0.05) is 13.2 Å². The van der Waals surface area contributed by atoms with Gasteiger partial charge in [0.15, 0.2) is 0 Å². The van der Waals surface area contributed by atoms with Crippen LogP contribution in [-0.4, -0.2) is 22.5 Å². The van der Waals surface area contributed by atoms with E-state index in [1.807, 2.05) is 13.8 Å². The number of fused-ring (bicyclic) bond motifs is 1. The predicted octanol–water partition coefficient (Wildman–Crippen LogP) is 3.68. The largest absolute Gasteiger partial charge is 0.397 e. The Hall–Kier alpha value is -1.16. The van der Waals surface area contributed by atoms with Crippen LogP contribution in [0.1, 0.15) is 19.4 Å². The Balaban J connectivity index is 2.08. The first-order valence-corrected chi connectivity index (χ1v) is 8.81. The monoisotopic (exact) mass is 274 g/mol. The normalized spacial score (nSPS) is 11.3. The van der Waals surface area contributed by atoms with Gasteiger partial charge in [-0.1, -0.05) is 42.5 Å². The van der Waals surface area contributed by atoms with Crippen molar-refractivity contribution in [2.75, 3.05) is 13.2 Å². The van der Waals surface area contributed by atoms with Gasteiger partial charge in [-0.2, -0.15) is 0 Å². The highest BCUT2D eigenvalue weighted by Gasteiger charge is 2.12. The zero-order valence-corrected chi connectivity index (χ0v) is 12.9. The standard InChI is InChI=1S/C16H22O2Si/c1-3-17-19(18-4-2)13-12-15-10-7-9-14-8-5-6-11-16(14)15/h5-11,19H,3-4,12-13H2,1-2H3. The topological polar surface area (TPSA) is 18.5 Å². The van der Waals surface area contributed by atoms with Crippen molar-refractivity contribution in [1.29, 1.82) is 0 Å². The van der Waals surface area contributed by atoms with Crippen LogP contribution in [0.3, 0.4) is 0 Å². The molecular weight excluding hydrogens is 252 g/mol. The van der Waals surface area contributed by atoms with Crippen molar-refractivity contribution in [2.24, 2.45) is 0 Å². The van der Waals surface area contributed by atoms with E-state index in [9.17, 15) is 0 Å². The van der Waals surface area contributed by atoms with Crippen LogP contribution in [0.25, 0.3) is 10.8 Å². The second kappa shape index (κ2) is 7.43. The van der Waals surface area contributed by atoms with Gasteiger partial charge in [0.1, 0.15) is 0 Å². The molecule has 0 fully saturated rings. The molecule has 0 amide bonds. The fourth-order valence-electron chi connectivity index (χ4n) is 2.37. The van der Waals surface area contributed by atoms with E-state index in [0.717, 1.165) is 25.7 Å². The maximum absolute atomic E-state index is 5.73. The maximum Gasteiger partial charge on any atom is 0.321 e. The van der Waals surface area contributed by atoms with Gasteiger partial charge >= 0.3 is 9.28 Å². The van der Waals surface area contributed by atoms with Crippen molar-refractivity contribution in [3.05, 3.63) is 48.0 Å². The van der Waals surface area contributed by atoms with E-state index in [1.54, 1.807) is 0 Å². The third kappa shape index (κ3) is 3.90. The summed E-state index contributed by atoms with van der Waals surface area (Å²) in [6, 6.07) is 16.1. The van der Waals surface area contributed by atoms with Gasteiger partial charge in [0.25, 0.3) is 0 Å². The van der Waals surface area contributed by atoms with Crippen molar-refractivity contribution in [2.45, 2.75) is 26.3 Å². The lowest BCUT2D eigenvalue weighted by molar-refractivity contribution is 0.213. The molecule has 0 atom stereocenters. The molecule has 19 heavy (non-hydrogen) atoms. The Kier molecular flexibility index (Phi) is 5.57. The Bertz CT molecular complexity index is 502. The molecule has 2 rings (SSSR count). The average molecular weight is 274 g/mol. The maximum atomic E-state index is 5.73. The van der Waals surface area contributed by atoms with Crippen LogP contribution in [0.2, 0.25) is 6.04 Å². The van der Waals surface area contributed by atoms with E-state index in [1.165, 1.54) is 16.3 Å². The van der Waals surface area contributed by atoms with E-state index >= 15 is 0 Å². The van der Waals surface area contributed by atoms with E-state index < -0.39 is 9.28 Å². The molecule has 0 aromatic heterocycles. The summed E-state index contributed by atoms with van der Waals surface area (Å²) in [6.07, 6.45) is 1.04. The number of aryl methyl sites for hydroxylation is 1. The number of rotatable bonds is 7. The predicted molar refractivity (Wildman–Crippen MR) is 82.9 cm³/mol. The molecule has 0 heterocycles. The zero-order chi connectivity index (χ0) is 13.5. The van der Waals surface area contributed by atoms with Gasteiger partial charge < -0.3 is 8.85 Å². The Morgan fingerprint density at radius 1 is 0.895 bits per heavy atom. The van der Waals surface area contributed by atoms with Gasteiger partial charge in [-0.15, -0.1) is 0 Å². The first kappa shape index (κ1) is 14.3. The van der Waals surface area contributed by atoms with Crippen LogP contribution < -0.4 is 0 Å². The SMILES string of the molecule is CCO[SiH](CCc1cccc2ccccc12)OCC. The lowest BCUT2D eigenvalue weighted by Crippen LogP contribution is -2.23. The van der Waals surface area contributed by atoms with Gasteiger partial charge in [0.2, 0.25) is 0 Å². The smallest absolute Gasteiger partial charge is 0.321 e. The lowest BCUT2D eigenvalue weighted by atomic mass is 10.0. The molecule has 0 aliphatic heterocycles. The van der Waals surface area contributed by atoms with E-state index in [0.29, 0.717) is 0 Å². The molecule has 2 aromatic rings. The zero-order valence-electron chi connectivity index (χ0n) is 11.8. The van der Waals surface area contributed by atoms with E-state index in [2.05, 4.69) is 42.5 Å².